The molecule has 8 heteroatoms. The monoisotopic (exact) mass is 493 g/mol. The number of anilines is 1. The van der Waals surface area contributed by atoms with Gasteiger partial charge in [0.05, 0.1) is 53.9 Å². The van der Waals surface area contributed by atoms with Crippen molar-refractivity contribution in [3.63, 3.8) is 0 Å². The molecule has 0 radical (unpaired) electrons. The molecule has 0 saturated carbocycles. The van der Waals surface area contributed by atoms with E-state index in [0.717, 1.165) is 29.7 Å². The van der Waals surface area contributed by atoms with Crippen LogP contribution in [0.4, 0.5) is 11.4 Å². The topological polar surface area (TPSA) is 105 Å². The second-order valence-electron chi connectivity index (χ2n) is 8.90. The SMILES string of the molecule is CN(C(=O)CN1CCOCC1)c1ccc(N=C(c2ccccc2)c2c(O)[nH]c3cc(C#N)ccc23)cc1. The van der Waals surface area contributed by atoms with Crippen LogP contribution in [0, 0.1) is 11.3 Å². The number of nitrogens with one attached hydrogen (secondary N) is 1. The first kappa shape index (κ1) is 24.3. The summed E-state index contributed by atoms with van der Waals surface area (Å²) in [4.78, 5) is 24.4. The molecule has 186 valence electrons. The maximum absolute atomic E-state index is 12.8. The molecule has 3 aromatic carbocycles. The second kappa shape index (κ2) is 10.7. The highest BCUT2D eigenvalue weighted by molar-refractivity contribution is 6.22. The Morgan fingerprint density at radius 2 is 1.84 bits per heavy atom. The molecule has 1 aliphatic heterocycles. The number of aromatic amines is 1. The number of nitrogens with zero attached hydrogens (tertiary/aromatic N) is 4. The minimum Gasteiger partial charge on any atom is -0.494 e. The third-order valence-corrected chi connectivity index (χ3v) is 6.51. The smallest absolute Gasteiger partial charge is 0.240 e. The molecule has 0 spiro atoms. The number of aliphatic imine (C=N–C) groups is 1. The summed E-state index contributed by atoms with van der Waals surface area (Å²) in [6.45, 7) is 3.17. The molecule has 1 fully saturated rings. The van der Waals surface area contributed by atoms with Gasteiger partial charge < -0.3 is 19.7 Å². The predicted octanol–water partition coefficient (Wildman–Crippen LogP) is 4.21. The van der Waals surface area contributed by atoms with Crippen molar-refractivity contribution < 1.29 is 14.6 Å². The Morgan fingerprint density at radius 3 is 2.54 bits per heavy atom. The number of fused-ring (bicyclic) bond motifs is 1. The maximum Gasteiger partial charge on any atom is 0.240 e. The van der Waals surface area contributed by atoms with Crippen LogP contribution in [0.2, 0.25) is 0 Å². The molecule has 1 amide bonds. The molecule has 37 heavy (non-hydrogen) atoms. The number of amides is 1. The quantitative estimate of drug-likeness (QED) is 0.392. The Bertz CT molecular complexity index is 1480. The van der Waals surface area contributed by atoms with Crippen molar-refractivity contribution in [2.24, 2.45) is 4.99 Å². The lowest BCUT2D eigenvalue weighted by Crippen LogP contribution is -2.43. The minimum absolute atomic E-state index is 0.0160. The van der Waals surface area contributed by atoms with Crippen molar-refractivity contribution in [3.05, 3.63) is 89.5 Å². The normalized spacial score (nSPS) is 14.4. The van der Waals surface area contributed by atoms with Crippen LogP contribution in [0.15, 0.2) is 77.8 Å². The van der Waals surface area contributed by atoms with E-state index in [1.54, 1.807) is 24.1 Å². The molecule has 4 aromatic rings. The number of aromatic nitrogens is 1. The van der Waals surface area contributed by atoms with Crippen LogP contribution in [0.3, 0.4) is 0 Å². The Labute approximate surface area is 215 Å². The van der Waals surface area contributed by atoms with E-state index >= 15 is 0 Å². The molecule has 1 aliphatic rings. The Balaban J connectivity index is 1.47. The number of carbonyl (C=O) groups is 1. The summed E-state index contributed by atoms with van der Waals surface area (Å²) in [7, 11) is 1.77. The molecular weight excluding hydrogens is 466 g/mol. The fourth-order valence-electron chi connectivity index (χ4n) is 4.43. The molecule has 2 heterocycles. The lowest BCUT2D eigenvalue weighted by molar-refractivity contribution is -0.120. The van der Waals surface area contributed by atoms with Crippen LogP contribution < -0.4 is 4.90 Å². The largest absolute Gasteiger partial charge is 0.494 e. The predicted molar refractivity (Wildman–Crippen MR) is 144 cm³/mol. The Morgan fingerprint density at radius 1 is 1.11 bits per heavy atom. The molecular formula is C29H27N5O3. The number of H-pyrrole nitrogens is 1. The first-order valence-electron chi connectivity index (χ1n) is 12.1. The fraction of sp³-hybridized carbons (Fsp3) is 0.207. The molecule has 1 saturated heterocycles. The highest BCUT2D eigenvalue weighted by atomic mass is 16.5. The van der Waals surface area contributed by atoms with Gasteiger partial charge in [0.25, 0.3) is 0 Å². The van der Waals surface area contributed by atoms with Gasteiger partial charge in [0.1, 0.15) is 0 Å². The number of hydrogen-bond donors (Lipinski definition) is 2. The zero-order valence-corrected chi connectivity index (χ0v) is 20.5. The van der Waals surface area contributed by atoms with Crippen LogP contribution in [0.1, 0.15) is 16.7 Å². The van der Waals surface area contributed by atoms with E-state index in [-0.39, 0.29) is 11.8 Å². The molecule has 2 N–H and O–H groups in total. The zero-order chi connectivity index (χ0) is 25.8. The van der Waals surface area contributed by atoms with Crippen molar-refractivity contribution in [2.75, 3.05) is 44.8 Å². The first-order valence-corrected chi connectivity index (χ1v) is 12.1. The number of ether oxygens (including phenoxy) is 1. The summed E-state index contributed by atoms with van der Waals surface area (Å²) in [5, 5.41) is 20.9. The van der Waals surface area contributed by atoms with Gasteiger partial charge >= 0.3 is 0 Å². The Kier molecular flexibility index (Phi) is 6.99. The number of hydrogen-bond acceptors (Lipinski definition) is 6. The van der Waals surface area contributed by atoms with Gasteiger partial charge in [-0.2, -0.15) is 5.26 Å². The van der Waals surface area contributed by atoms with Crippen molar-refractivity contribution in [1.29, 1.82) is 5.26 Å². The summed E-state index contributed by atoms with van der Waals surface area (Å²) >= 11 is 0. The van der Waals surface area contributed by atoms with E-state index in [1.807, 2.05) is 60.7 Å². The molecule has 0 atom stereocenters. The van der Waals surface area contributed by atoms with Crippen molar-refractivity contribution in [2.45, 2.75) is 0 Å². The number of nitriles is 1. The summed E-state index contributed by atoms with van der Waals surface area (Å²) in [5.41, 5.74) is 4.61. The molecule has 0 unspecified atom stereocenters. The van der Waals surface area contributed by atoms with Crippen molar-refractivity contribution in [3.8, 4) is 11.9 Å². The van der Waals surface area contributed by atoms with Crippen LogP contribution in [0.25, 0.3) is 10.9 Å². The number of likely N-dealkylation sites (N-methyl/N-ethyl adjacent to an activating group) is 1. The number of aromatic hydroxyl groups is 1. The van der Waals surface area contributed by atoms with E-state index in [9.17, 15) is 15.2 Å². The lowest BCUT2D eigenvalue weighted by Gasteiger charge is -2.28. The number of benzene rings is 3. The molecule has 0 bridgehead atoms. The average molecular weight is 494 g/mol. The van der Waals surface area contributed by atoms with Crippen molar-refractivity contribution >= 4 is 33.9 Å². The van der Waals surface area contributed by atoms with Crippen LogP contribution in [0.5, 0.6) is 5.88 Å². The summed E-state index contributed by atoms with van der Waals surface area (Å²) < 4.78 is 5.36. The van der Waals surface area contributed by atoms with Crippen LogP contribution >= 0.6 is 0 Å². The molecule has 0 aliphatic carbocycles. The highest BCUT2D eigenvalue weighted by Gasteiger charge is 2.20. The van der Waals surface area contributed by atoms with Crippen molar-refractivity contribution in [1.82, 2.24) is 9.88 Å². The minimum atomic E-state index is -0.0160. The summed E-state index contributed by atoms with van der Waals surface area (Å²) in [5.74, 6) is 0.00124. The number of rotatable bonds is 6. The van der Waals surface area contributed by atoms with Gasteiger partial charge in [-0.15, -0.1) is 0 Å². The zero-order valence-electron chi connectivity index (χ0n) is 20.5. The summed E-state index contributed by atoms with van der Waals surface area (Å²) in [6, 6.07) is 24.5. The maximum atomic E-state index is 12.8. The van der Waals surface area contributed by atoms with Gasteiger partial charge in [-0.1, -0.05) is 36.4 Å². The van der Waals surface area contributed by atoms with E-state index in [4.69, 9.17) is 9.73 Å². The third kappa shape index (κ3) is 5.23. The van der Waals surface area contributed by atoms with Crippen LogP contribution in [-0.2, 0) is 9.53 Å². The lowest BCUT2D eigenvalue weighted by atomic mass is 10.00. The third-order valence-electron chi connectivity index (χ3n) is 6.51. The van der Waals surface area contributed by atoms with Gasteiger partial charge in [0.15, 0.2) is 5.88 Å². The molecule has 5 rings (SSSR count). The average Bonchev–Trinajstić information content (AvgIpc) is 3.27. The standard InChI is InChI=1S/C29H27N5O3/c1-33(26(35)19-34-13-15-37-16-14-34)23-10-8-22(9-11-23)31-28(21-5-3-2-4-6-21)27-24-12-7-20(18-30)17-25(24)32-29(27)36/h2-12,17,32,36H,13-16,19H2,1H3. The fourth-order valence-corrected chi connectivity index (χ4v) is 4.43. The molecule has 1 aromatic heterocycles. The van der Waals surface area contributed by atoms with E-state index in [1.165, 1.54) is 0 Å². The number of carbonyl (C=O) groups excluding carboxylic acids is 1. The van der Waals surface area contributed by atoms with Gasteiger partial charge in [-0.25, -0.2) is 4.99 Å². The van der Waals surface area contributed by atoms with Gasteiger partial charge in [0.2, 0.25) is 5.91 Å². The first-order chi connectivity index (χ1) is 18.0. The summed E-state index contributed by atoms with van der Waals surface area (Å²) in [6.07, 6.45) is 0. The van der Waals surface area contributed by atoms with E-state index in [2.05, 4.69) is 16.0 Å². The van der Waals surface area contributed by atoms with Crippen LogP contribution in [-0.4, -0.2) is 66.5 Å². The molecule has 8 nitrogen and oxygen atoms in total. The van der Waals surface area contributed by atoms with Gasteiger partial charge in [-0.05, 0) is 36.4 Å². The van der Waals surface area contributed by atoms with Gasteiger partial charge in [-0.3, -0.25) is 9.69 Å². The second-order valence-corrected chi connectivity index (χ2v) is 8.90. The van der Waals surface area contributed by atoms with E-state index < -0.39 is 0 Å². The number of morpholine rings is 1. The van der Waals surface area contributed by atoms with Gasteiger partial charge in [0, 0.05) is 36.8 Å². The van der Waals surface area contributed by atoms with E-state index in [0.29, 0.717) is 47.8 Å². The Hall–Kier alpha value is -4.45. The highest BCUT2D eigenvalue weighted by Crippen LogP contribution is 2.32.